The highest BCUT2D eigenvalue weighted by Crippen LogP contribution is 2.34. The lowest BCUT2D eigenvalue weighted by Gasteiger charge is -2.20. The van der Waals surface area contributed by atoms with Crippen LogP contribution in [0.15, 0.2) is 89.2 Å². The maximum atomic E-state index is 12.6. The van der Waals surface area contributed by atoms with Gasteiger partial charge in [-0.15, -0.1) is 0 Å². The average molecular weight is 499 g/mol. The normalized spacial score (nSPS) is 17.6. The molecule has 176 valence electrons. The molecule has 1 saturated heterocycles. The smallest absolute Gasteiger partial charge is 0.302 e. The standard InChI is InChI=1S/C24H22N2O6S2/c27-17-21-16-26(34(30,31)25-21)23-12-11-19(13-14-33(28,29)22-9-5-2-6-10-22)15-24(23)32-18-20-7-3-1-4-8-20/h1-15,17,21,25H,16,18H2/b14-13+. The summed E-state index contributed by atoms with van der Waals surface area (Å²) in [6.45, 7) is 0.0901. The van der Waals surface area contributed by atoms with Crippen molar-refractivity contribution in [1.29, 1.82) is 0 Å². The molecule has 0 saturated carbocycles. The Labute approximate surface area is 198 Å². The van der Waals surface area contributed by atoms with Crippen molar-refractivity contribution in [2.24, 2.45) is 0 Å². The first-order chi connectivity index (χ1) is 16.3. The van der Waals surface area contributed by atoms with Gasteiger partial charge in [0.1, 0.15) is 18.6 Å². The number of rotatable bonds is 8. The summed E-state index contributed by atoms with van der Waals surface area (Å²) in [5.74, 6) is 0.236. The molecule has 0 bridgehead atoms. The Morgan fingerprint density at radius 1 is 1.00 bits per heavy atom. The van der Waals surface area contributed by atoms with Gasteiger partial charge in [0.15, 0.2) is 9.84 Å². The number of hydrogen-bond donors (Lipinski definition) is 1. The fourth-order valence-electron chi connectivity index (χ4n) is 3.42. The largest absolute Gasteiger partial charge is 0.487 e. The van der Waals surface area contributed by atoms with Crippen molar-refractivity contribution >= 4 is 38.1 Å². The summed E-state index contributed by atoms with van der Waals surface area (Å²) in [4.78, 5) is 11.3. The molecule has 4 rings (SSSR count). The van der Waals surface area contributed by atoms with E-state index in [0.717, 1.165) is 15.3 Å². The zero-order valence-electron chi connectivity index (χ0n) is 17.9. The molecule has 0 spiro atoms. The molecule has 1 unspecified atom stereocenters. The Kier molecular flexibility index (Phi) is 6.82. The van der Waals surface area contributed by atoms with Crippen LogP contribution in [0.3, 0.4) is 0 Å². The Morgan fingerprint density at radius 2 is 1.68 bits per heavy atom. The zero-order valence-corrected chi connectivity index (χ0v) is 19.6. The Balaban J connectivity index is 1.68. The summed E-state index contributed by atoms with van der Waals surface area (Å²) in [5.41, 5.74) is 1.62. The van der Waals surface area contributed by atoms with Gasteiger partial charge in [0.2, 0.25) is 0 Å². The monoisotopic (exact) mass is 498 g/mol. The van der Waals surface area contributed by atoms with Crippen molar-refractivity contribution in [3.05, 3.63) is 95.4 Å². The summed E-state index contributed by atoms with van der Waals surface area (Å²) in [5, 5.41) is 1.09. The van der Waals surface area contributed by atoms with Crippen LogP contribution < -0.4 is 13.8 Å². The summed E-state index contributed by atoms with van der Waals surface area (Å²) in [6, 6.07) is 21.2. The Morgan fingerprint density at radius 3 is 2.32 bits per heavy atom. The third-order valence-corrected chi connectivity index (χ3v) is 8.07. The fraction of sp³-hybridized carbons (Fsp3) is 0.125. The van der Waals surface area contributed by atoms with Gasteiger partial charge in [-0.25, -0.2) is 8.42 Å². The second kappa shape index (κ2) is 9.80. The number of ether oxygens (including phenoxy) is 1. The second-order valence-electron chi connectivity index (χ2n) is 7.56. The first-order valence-electron chi connectivity index (χ1n) is 10.3. The molecule has 1 aliphatic rings. The van der Waals surface area contributed by atoms with Gasteiger partial charge in [0, 0.05) is 5.41 Å². The molecule has 8 nitrogen and oxygen atoms in total. The van der Waals surface area contributed by atoms with Crippen LogP contribution in [0.2, 0.25) is 0 Å². The summed E-state index contributed by atoms with van der Waals surface area (Å²) in [6.07, 6.45) is 1.96. The van der Waals surface area contributed by atoms with Crippen LogP contribution in [0.1, 0.15) is 11.1 Å². The van der Waals surface area contributed by atoms with Crippen molar-refractivity contribution < 1.29 is 26.4 Å². The van der Waals surface area contributed by atoms with Crippen molar-refractivity contribution in [3.63, 3.8) is 0 Å². The van der Waals surface area contributed by atoms with Crippen molar-refractivity contribution in [2.45, 2.75) is 17.5 Å². The Bertz CT molecular complexity index is 1410. The minimum Gasteiger partial charge on any atom is -0.487 e. The first-order valence-corrected chi connectivity index (χ1v) is 13.3. The predicted molar refractivity (Wildman–Crippen MR) is 129 cm³/mol. The third kappa shape index (κ3) is 5.36. The van der Waals surface area contributed by atoms with E-state index in [2.05, 4.69) is 4.72 Å². The SMILES string of the molecule is O=CC1CN(c2ccc(/C=C/S(=O)(=O)c3ccccc3)cc2OCc2ccccc2)S(=O)(=O)N1. The number of anilines is 1. The number of carbonyl (C=O) groups is 1. The van der Waals surface area contributed by atoms with Gasteiger partial charge in [-0.1, -0.05) is 54.6 Å². The molecule has 1 fully saturated rings. The molecule has 0 aromatic heterocycles. The van der Waals surface area contributed by atoms with E-state index in [-0.39, 0.29) is 29.5 Å². The van der Waals surface area contributed by atoms with E-state index in [4.69, 9.17) is 4.74 Å². The zero-order chi connectivity index (χ0) is 24.2. The first kappa shape index (κ1) is 23.7. The summed E-state index contributed by atoms with van der Waals surface area (Å²) < 4.78 is 59.6. The minimum atomic E-state index is -3.93. The van der Waals surface area contributed by atoms with Crippen LogP contribution in [0, 0.1) is 0 Å². The molecule has 1 atom stereocenters. The highest BCUT2D eigenvalue weighted by Gasteiger charge is 2.36. The maximum Gasteiger partial charge on any atom is 0.302 e. The third-order valence-electron chi connectivity index (χ3n) is 5.12. The van der Waals surface area contributed by atoms with Gasteiger partial charge >= 0.3 is 10.2 Å². The summed E-state index contributed by atoms with van der Waals surface area (Å²) in [7, 11) is -7.59. The van der Waals surface area contributed by atoms with Gasteiger partial charge in [-0.05, 0) is 41.5 Å². The topological polar surface area (TPSA) is 110 Å². The van der Waals surface area contributed by atoms with Crippen molar-refractivity contribution in [1.82, 2.24) is 4.72 Å². The van der Waals surface area contributed by atoms with Gasteiger partial charge in [0.05, 0.1) is 23.2 Å². The quantitative estimate of drug-likeness (QED) is 0.478. The van der Waals surface area contributed by atoms with Crippen LogP contribution in [0.4, 0.5) is 5.69 Å². The van der Waals surface area contributed by atoms with E-state index in [9.17, 15) is 21.6 Å². The number of aldehydes is 1. The highest BCUT2D eigenvalue weighted by molar-refractivity contribution is 7.94. The number of nitrogens with zero attached hydrogens (tertiary/aromatic N) is 1. The van der Waals surface area contributed by atoms with Crippen molar-refractivity contribution in [3.8, 4) is 5.75 Å². The predicted octanol–water partition coefficient (Wildman–Crippen LogP) is 2.93. The molecule has 10 heteroatoms. The van der Waals surface area contributed by atoms with Crippen molar-refractivity contribution in [2.75, 3.05) is 10.8 Å². The number of sulfone groups is 1. The van der Waals surface area contributed by atoms with E-state index in [0.29, 0.717) is 11.8 Å². The molecule has 1 aliphatic heterocycles. The number of benzene rings is 3. The van der Waals surface area contributed by atoms with Crippen LogP contribution >= 0.6 is 0 Å². The van der Waals surface area contributed by atoms with Crippen LogP contribution in [-0.4, -0.2) is 35.7 Å². The van der Waals surface area contributed by atoms with Gasteiger partial charge in [0.25, 0.3) is 0 Å². The number of carbonyl (C=O) groups excluding carboxylic acids is 1. The lowest BCUT2D eigenvalue weighted by Crippen LogP contribution is -2.30. The van der Waals surface area contributed by atoms with Crippen LogP contribution in [0.25, 0.3) is 6.08 Å². The summed E-state index contributed by atoms with van der Waals surface area (Å²) >= 11 is 0. The second-order valence-corrected chi connectivity index (χ2v) is 11.0. The molecule has 0 amide bonds. The number of nitrogens with one attached hydrogen (secondary N) is 1. The average Bonchev–Trinajstić information content (AvgIpc) is 3.17. The molecule has 1 heterocycles. The van der Waals surface area contributed by atoms with Crippen LogP contribution in [-0.2, 0) is 31.4 Å². The molecule has 34 heavy (non-hydrogen) atoms. The minimum absolute atomic E-state index is 0.0783. The molecule has 3 aromatic rings. The van der Waals surface area contributed by atoms with E-state index in [1.165, 1.54) is 24.3 Å². The molecular formula is C24H22N2O6S2. The van der Waals surface area contributed by atoms with Gasteiger partial charge < -0.3 is 9.53 Å². The molecule has 3 aromatic carbocycles. The lowest BCUT2D eigenvalue weighted by molar-refractivity contribution is -0.108. The fourth-order valence-corrected chi connectivity index (χ4v) is 5.85. The molecule has 0 aliphatic carbocycles. The van der Waals surface area contributed by atoms with Gasteiger partial charge in [-0.2, -0.15) is 13.1 Å². The molecular weight excluding hydrogens is 476 g/mol. The van der Waals surface area contributed by atoms with E-state index >= 15 is 0 Å². The molecule has 0 radical (unpaired) electrons. The van der Waals surface area contributed by atoms with E-state index < -0.39 is 26.1 Å². The van der Waals surface area contributed by atoms with E-state index in [1.807, 2.05) is 30.3 Å². The van der Waals surface area contributed by atoms with E-state index in [1.54, 1.807) is 30.3 Å². The van der Waals surface area contributed by atoms with Gasteiger partial charge in [-0.3, -0.25) is 4.31 Å². The number of hydrogen-bond acceptors (Lipinski definition) is 6. The lowest BCUT2D eigenvalue weighted by atomic mass is 10.1. The molecule has 1 N–H and O–H groups in total. The maximum absolute atomic E-state index is 12.6. The van der Waals surface area contributed by atoms with Crippen LogP contribution in [0.5, 0.6) is 5.75 Å². The Hall–Kier alpha value is -3.47. The highest BCUT2D eigenvalue weighted by atomic mass is 32.2.